The maximum absolute atomic E-state index is 9.84. The number of hydrogen-bond donors (Lipinski definition) is 0. The van der Waals surface area contributed by atoms with Gasteiger partial charge in [0.05, 0.1) is 22.6 Å². The van der Waals surface area contributed by atoms with Gasteiger partial charge in [0.15, 0.2) is 5.65 Å². The molecule has 1 aliphatic rings. The normalized spacial score (nSPS) is 15.3. The molecule has 0 bridgehead atoms. The van der Waals surface area contributed by atoms with E-state index in [1.807, 2.05) is 37.3 Å². The Morgan fingerprint density at radius 1 is 0.889 bits per heavy atom. The Kier molecular flexibility index (Phi) is 5.85. The number of halogens is 1. The van der Waals surface area contributed by atoms with E-state index >= 15 is 0 Å². The third kappa shape index (κ3) is 3.80. The van der Waals surface area contributed by atoms with Gasteiger partial charge in [-0.2, -0.15) is 5.26 Å². The Balaban J connectivity index is 1.37. The Hall–Kier alpha value is -3.85. The van der Waals surface area contributed by atoms with Gasteiger partial charge in [-0.15, -0.1) is 0 Å². The molecule has 0 saturated carbocycles. The van der Waals surface area contributed by atoms with E-state index in [1.54, 1.807) is 0 Å². The zero-order valence-corrected chi connectivity index (χ0v) is 20.9. The topological polar surface area (TPSA) is 47.6 Å². The Morgan fingerprint density at radius 3 is 2.33 bits per heavy atom. The van der Waals surface area contributed by atoms with Gasteiger partial charge in [0.1, 0.15) is 11.9 Å². The van der Waals surface area contributed by atoms with Crippen LogP contribution in [0.5, 0.6) is 0 Å². The van der Waals surface area contributed by atoms with Gasteiger partial charge >= 0.3 is 0 Å². The molecule has 178 valence electrons. The lowest BCUT2D eigenvalue weighted by molar-refractivity contribution is 0.212. The number of nitriles is 1. The van der Waals surface area contributed by atoms with Crippen molar-refractivity contribution in [1.29, 1.82) is 5.26 Å². The summed E-state index contributed by atoms with van der Waals surface area (Å²) in [6, 6.07) is 31.5. The number of aromatic nitrogens is 2. The van der Waals surface area contributed by atoms with Gasteiger partial charge in [-0.05, 0) is 47.9 Å². The van der Waals surface area contributed by atoms with Gasteiger partial charge in [-0.25, -0.2) is 4.98 Å². The molecule has 6 heteroatoms. The molecule has 3 heterocycles. The minimum atomic E-state index is 0.0962. The highest BCUT2D eigenvalue weighted by Crippen LogP contribution is 2.35. The van der Waals surface area contributed by atoms with Crippen LogP contribution in [0.4, 0.5) is 5.82 Å². The molecule has 0 unspecified atom stereocenters. The van der Waals surface area contributed by atoms with Crippen LogP contribution in [0, 0.1) is 18.3 Å². The second-order valence-electron chi connectivity index (χ2n) is 9.29. The Bertz CT molecular complexity index is 1590. The molecule has 0 amide bonds. The fourth-order valence-electron chi connectivity index (χ4n) is 5.43. The van der Waals surface area contributed by atoms with Crippen LogP contribution in [0.2, 0.25) is 5.02 Å². The zero-order chi connectivity index (χ0) is 24.6. The predicted molar refractivity (Wildman–Crippen MR) is 146 cm³/mol. The lowest BCUT2D eigenvalue weighted by atomic mass is 9.96. The number of benzene rings is 3. The summed E-state index contributed by atoms with van der Waals surface area (Å²) < 4.78 is 2.15. The number of para-hydroxylation sites is 2. The van der Waals surface area contributed by atoms with E-state index in [2.05, 4.69) is 74.9 Å². The van der Waals surface area contributed by atoms with Gasteiger partial charge in [-0.1, -0.05) is 72.3 Å². The summed E-state index contributed by atoms with van der Waals surface area (Å²) in [7, 11) is 0. The van der Waals surface area contributed by atoms with Crippen molar-refractivity contribution in [2.45, 2.75) is 13.0 Å². The third-order valence-corrected chi connectivity index (χ3v) is 7.53. The SMILES string of the molecule is Cc1cc(N2CCN([C@H](c3ccccc3)c3ccccc3Cl)CC2)n2c(nc3ccccc32)c1C#N. The molecule has 6 rings (SSSR count). The molecule has 1 aliphatic heterocycles. The summed E-state index contributed by atoms with van der Waals surface area (Å²) >= 11 is 6.69. The van der Waals surface area contributed by atoms with Crippen molar-refractivity contribution < 1.29 is 0 Å². The molecule has 0 aliphatic carbocycles. The van der Waals surface area contributed by atoms with Crippen LogP contribution >= 0.6 is 11.6 Å². The van der Waals surface area contributed by atoms with Gasteiger partial charge in [0.2, 0.25) is 0 Å². The summed E-state index contributed by atoms with van der Waals surface area (Å²) in [5.74, 6) is 1.09. The molecule has 1 atom stereocenters. The first kappa shape index (κ1) is 22.6. The number of pyridine rings is 1. The van der Waals surface area contributed by atoms with E-state index in [0.717, 1.165) is 64.8 Å². The average Bonchev–Trinajstić information content (AvgIpc) is 3.30. The number of nitrogens with zero attached hydrogens (tertiary/aromatic N) is 5. The fraction of sp³-hybridized carbons (Fsp3) is 0.200. The van der Waals surface area contributed by atoms with E-state index in [-0.39, 0.29) is 6.04 Å². The fourth-order valence-corrected chi connectivity index (χ4v) is 5.67. The highest BCUT2D eigenvalue weighted by molar-refractivity contribution is 6.31. The number of aryl methyl sites for hydroxylation is 1. The van der Waals surface area contributed by atoms with Crippen molar-refractivity contribution in [3.8, 4) is 6.07 Å². The first-order valence-electron chi connectivity index (χ1n) is 12.2. The molecule has 5 aromatic rings. The average molecular weight is 492 g/mol. The third-order valence-electron chi connectivity index (χ3n) is 7.18. The summed E-state index contributed by atoms with van der Waals surface area (Å²) in [6.45, 7) is 5.50. The standard InChI is InChI=1S/C30H26ClN5/c1-21-19-28(36-27-14-8-7-13-26(27)33-30(36)24(21)20-32)34-15-17-35(18-16-34)29(22-9-3-2-4-10-22)23-11-5-6-12-25(23)31/h2-14,19,29H,15-18H2,1H3/t29-/m1/s1. The lowest BCUT2D eigenvalue weighted by Crippen LogP contribution is -2.48. The van der Waals surface area contributed by atoms with E-state index in [1.165, 1.54) is 5.56 Å². The number of anilines is 1. The molecule has 0 spiro atoms. The zero-order valence-electron chi connectivity index (χ0n) is 20.1. The van der Waals surface area contributed by atoms with Crippen molar-refractivity contribution in [2.24, 2.45) is 0 Å². The number of fused-ring (bicyclic) bond motifs is 3. The number of hydrogen-bond acceptors (Lipinski definition) is 4. The maximum atomic E-state index is 9.84. The number of rotatable bonds is 4. The highest BCUT2D eigenvalue weighted by atomic mass is 35.5. The summed E-state index contributed by atoms with van der Waals surface area (Å²) in [5, 5.41) is 10.6. The van der Waals surface area contributed by atoms with Crippen LogP contribution < -0.4 is 4.90 Å². The van der Waals surface area contributed by atoms with Crippen molar-refractivity contribution in [3.63, 3.8) is 0 Å². The van der Waals surface area contributed by atoms with Gasteiger partial charge < -0.3 is 4.90 Å². The smallest absolute Gasteiger partial charge is 0.157 e. The molecular weight excluding hydrogens is 466 g/mol. The summed E-state index contributed by atoms with van der Waals surface area (Å²) in [6.07, 6.45) is 0. The molecule has 1 saturated heterocycles. The van der Waals surface area contributed by atoms with Crippen molar-refractivity contribution in [3.05, 3.63) is 112 Å². The summed E-state index contributed by atoms with van der Waals surface area (Å²) in [5.41, 5.74) is 6.64. The first-order valence-corrected chi connectivity index (χ1v) is 12.6. The van der Waals surface area contributed by atoms with E-state index < -0.39 is 0 Å². The molecule has 5 nitrogen and oxygen atoms in total. The van der Waals surface area contributed by atoms with E-state index in [4.69, 9.17) is 16.6 Å². The second-order valence-corrected chi connectivity index (χ2v) is 9.70. The molecule has 2 aromatic heterocycles. The van der Waals surface area contributed by atoms with Crippen molar-refractivity contribution in [1.82, 2.24) is 14.3 Å². The van der Waals surface area contributed by atoms with Crippen LogP contribution in [0.3, 0.4) is 0 Å². The number of imidazole rings is 1. The predicted octanol–water partition coefficient (Wildman–Crippen LogP) is 6.23. The largest absolute Gasteiger partial charge is 0.355 e. The van der Waals surface area contributed by atoms with Crippen LogP contribution in [0.1, 0.15) is 28.3 Å². The molecular formula is C30H26ClN5. The van der Waals surface area contributed by atoms with Crippen molar-refractivity contribution in [2.75, 3.05) is 31.1 Å². The van der Waals surface area contributed by atoms with Crippen LogP contribution in [-0.2, 0) is 0 Å². The number of piperazine rings is 1. The van der Waals surface area contributed by atoms with Crippen LogP contribution in [-0.4, -0.2) is 40.5 Å². The highest BCUT2D eigenvalue weighted by Gasteiger charge is 2.29. The van der Waals surface area contributed by atoms with Crippen molar-refractivity contribution >= 4 is 34.1 Å². The van der Waals surface area contributed by atoms with Gasteiger partial charge in [-0.3, -0.25) is 9.30 Å². The van der Waals surface area contributed by atoms with Gasteiger partial charge in [0, 0.05) is 31.2 Å². The Morgan fingerprint density at radius 2 is 1.58 bits per heavy atom. The summed E-state index contributed by atoms with van der Waals surface area (Å²) in [4.78, 5) is 9.76. The quantitative estimate of drug-likeness (QED) is 0.299. The minimum Gasteiger partial charge on any atom is -0.355 e. The van der Waals surface area contributed by atoms with Crippen LogP contribution in [0.25, 0.3) is 16.7 Å². The molecule has 3 aromatic carbocycles. The monoisotopic (exact) mass is 491 g/mol. The van der Waals surface area contributed by atoms with E-state index in [9.17, 15) is 5.26 Å². The molecule has 0 radical (unpaired) electrons. The lowest BCUT2D eigenvalue weighted by Gasteiger charge is -2.41. The first-order chi connectivity index (χ1) is 17.7. The van der Waals surface area contributed by atoms with Gasteiger partial charge in [0.25, 0.3) is 0 Å². The molecule has 0 N–H and O–H groups in total. The van der Waals surface area contributed by atoms with E-state index in [0.29, 0.717) is 5.56 Å². The molecule has 36 heavy (non-hydrogen) atoms. The molecule has 1 fully saturated rings. The Labute approximate surface area is 215 Å². The minimum absolute atomic E-state index is 0.0962. The second kappa shape index (κ2) is 9.31. The van der Waals surface area contributed by atoms with Crippen LogP contribution in [0.15, 0.2) is 84.9 Å². The maximum Gasteiger partial charge on any atom is 0.157 e.